The van der Waals surface area contributed by atoms with Gasteiger partial charge in [0, 0.05) is 30.6 Å². The number of hydrogen-bond donors (Lipinski definition) is 1. The van der Waals surface area contributed by atoms with Crippen molar-refractivity contribution in [1.29, 1.82) is 0 Å². The number of ether oxygens (including phenoxy) is 2. The van der Waals surface area contributed by atoms with E-state index in [2.05, 4.69) is 20.4 Å². The number of halogens is 1. The molecule has 7 nitrogen and oxygen atoms in total. The smallest absolute Gasteiger partial charge is 0.252 e. The van der Waals surface area contributed by atoms with E-state index >= 15 is 0 Å². The van der Waals surface area contributed by atoms with Gasteiger partial charge in [0.2, 0.25) is 5.82 Å². The summed E-state index contributed by atoms with van der Waals surface area (Å²) in [7, 11) is 0. The van der Waals surface area contributed by atoms with Crippen molar-refractivity contribution in [3.63, 3.8) is 0 Å². The molecule has 0 aromatic carbocycles. The predicted octanol–water partition coefficient (Wildman–Crippen LogP) is 2.59. The summed E-state index contributed by atoms with van der Waals surface area (Å²) in [5.74, 6) is 1.10. The van der Waals surface area contributed by atoms with Crippen LogP contribution in [0, 0.1) is 6.92 Å². The van der Waals surface area contributed by atoms with Gasteiger partial charge in [0.15, 0.2) is 0 Å². The Balaban J connectivity index is 0.00000196. The number of nitrogens with zero attached hydrogens (tertiary/aromatic N) is 3. The van der Waals surface area contributed by atoms with E-state index in [0.29, 0.717) is 24.9 Å². The van der Waals surface area contributed by atoms with Crippen molar-refractivity contribution in [3.05, 3.63) is 28.9 Å². The maximum atomic E-state index is 5.70. The maximum Gasteiger partial charge on any atom is 0.252 e. The fourth-order valence-electron chi connectivity index (χ4n) is 3.50. The highest BCUT2D eigenvalue weighted by Crippen LogP contribution is 2.28. The molecule has 2 aliphatic heterocycles. The molecule has 8 heteroatoms. The number of rotatable bonds is 5. The van der Waals surface area contributed by atoms with Crippen LogP contribution in [0.5, 0.6) is 0 Å². The molecule has 4 rings (SSSR count). The minimum atomic E-state index is 0. The van der Waals surface area contributed by atoms with Gasteiger partial charge in [-0.2, -0.15) is 4.98 Å². The van der Waals surface area contributed by atoms with Crippen molar-refractivity contribution >= 4 is 12.4 Å². The number of hydrogen-bond acceptors (Lipinski definition) is 7. The molecule has 142 valence electrons. The molecule has 1 atom stereocenters. The summed E-state index contributed by atoms with van der Waals surface area (Å²) in [6.07, 6.45) is 6.50. The van der Waals surface area contributed by atoms with Crippen LogP contribution >= 0.6 is 12.4 Å². The average Bonchev–Trinajstić information content (AvgIpc) is 3.11. The van der Waals surface area contributed by atoms with Crippen LogP contribution in [0.2, 0.25) is 0 Å². The largest absolute Gasteiger partial charge is 0.376 e. The van der Waals surface area contributed by atoms with E-state index in [9.17, 15) is 0 Å². The summed E-state index contributed by atoms with van der Waals surface area (Å²) in [5.41, 5.74) is 4.42. The van der Waals surface area contributed by atoms with Crippen molar-refractivity contribution in [2.75, 3.05) is 19.8 Å². The Labute approximate surface area is 159 Å². The van der Waals surface area contributed by atoms with E-state index in [4.69, 9.17) is 14.0 Å². The van der Waals surface area contributed by atoms with Crippen molar-refractivity contribution in [2.45, 2.75) is 51.9 Å². The van der Waals surface area contributed by atoms with Crippen LogP contribution in [0.4, 0.5) is 0 Å². The zero-order valence-corrected chi connectivity index (χ0v) is 15.8. The molecule has 1 fully saturated rings. The van der Waals surface area contributed by atoms with Crippen LogP contribution in [-0.4, -0.2) is 41.0 Å². The van der Waals surface area contributed by atoms with Gasteiger partial charge in [0.05, 0.1) is 12.7 Å². The van der Waals surface area contributed by atoms with Crippen LogP contribution in [-0.2, 0) is 29.0 Å². The highest BCUT2D eigenvalue weighted by atomic mass is 35.5. The lowest BCUT2D eigenvalue weighted by molar-refractivity contribution is -0.0484. The van der Waals surface area contributed by atoms with Crippen LogP contribution in [0.3, 0.4) is 0 Å². The molecule has 2 aliphatic rings. The van der Waals surface area contributed by atoms with Gasteiger partial charge < -0.3 is 19.3 Å². The topological polar surface area (TPSA) is 82.3 Å². The number of aryl methyl sites for hydroxylation is 1. The highest BCUT2D eigenvalue weighted by molar-refractivity contribution is 5.85. The summed E-state index contributed by atoms with van der Waals surface area (Å²) in [6.45, 7) is 5.51. The number of nitrogens with one attached hydrogen (secondary N) is 1. The van der Waals surface area contributed by atoms with Crippen LogP contribution in [0.1, 0.15) is 42.0 Å². The quantitative estimate of drug-likeness (QED) is 0.853. The summed E-state index contributed by atoms with van der Waals surface area (Å²) < 4.78 is 16.8. The second-order valence-corrected chi connectivity index (χ2v) is 6.66. The van der Waals surface area contributed by atoms with Crippen LogP contribution in [0.15, 0.2) is 10.7 Å². The second-order valence-electron chi connectivity index (χ2n) is 6.66. The third-order valence-electron chi connectivity index (χ3n) is 4.83. The van der Waals surface area contributed by atoms with Crippen LogP contribution in [0.25, 0.3) is 11.4 Å². The predicted molar refractivity (Wildman–Crippen MR) is 98.2 cm³/mol. The SMILES string of the molecule is Cc1ncc2c(c1-c1noc(COCC3CCCCO3)n1)CCNC2.Cl. The molecule has 0 radical (unpaired) electrons. The maximum absolute atomic E-state index is 5.70. The van der Waals surface area contributed by atoms with E-state index in [0.717, 1.165) is 50.2 Å². The molecule has 2 aromatic heterocycles. The Bertz CT molecular complexity index is 731. The molecule has 0 saturated carbocycles. The van der Waals surface area contributed by atoms with E-state index in [-0.39, 0.29) is 18.5 Å². The molecular formula is C18H25ClN4O3. The van der Waals surface area contributed by atoms with Crippen LogP contribution < -0.4 is 5.32 Å². The Morgan fingerprint density at radius 2 is 2.27 bits per heavy atom. The third-order valence-corrected chi connectivity index (χ3v) is 4.83. The van der Waals surface area contributed by atoms with Gasteiger partial charge in [-0.1, -0.05) is 5.16 Å². The molecule has 1 N–H and O–H groups in total. The first-order chi connectivity index (χ1) is 12.3. The lowest BCUT2D eigenvalue weighted by atomic mass is 9.95. The fourth-order valence-corrected chi connectivity index (χ4v) is 3.50. The summed E-state index contributed by atoms with van der Waals surface area (Å²) >= 11 is 0. The number of aromatic nitrogens is 3. The zero-order chi connectivity index (χ0) is 17.1. The lowest BCUT2D eigenvalue weighted by Gasteiger charge is -2.21. The summed E-state index contributed by atoms with van der Waals surface area (Å²) in [4.78, 5) is 9.02. The first-order valence-electron chi connectivity index (χ1n) is 9.01. The normalized spacial score (nSPS) is 19.7. The molecule has 1 saturated heterocycles. The molecule has 1 unspecified atom stereocenters. The second kappa shape index (κ2) is 8.90. The van der Waals surface area contributed by atoms with Gasteiger partial charge >= 0.3 is 0 Å². The third kappa shape index (κ3) is 4.23. The minimum absolute atomic E-state index is 0. The molecule has 2 aromatic rings. The van der Waals surface area contributed by atoms with Crippen molar-refractivity contribution < 1.29 is 14.0 Å². The first-order valence-corrected chi connectivity index (χ1v) is 9.01. The van der Waals surface area contributed by atoms with Gasteiger partial charge in [0.25, 0.3) is 5.89 Å². The standard InChI is InChI=1S/C18H24N4O3.ClH/c1-12-17(15-5-6-19-8-13(15)9-20-12)18-21-16(25-22-18)11-23-10-14-4-2-3-7-24-14;/h9,14,19H,2-8,10-11H2,1H3;1H. The summed E-state index contributed by atoms with van der Waals surface area (Å²) in [5, 5.41) is 7.53. The van der Waals surface area contributed by atoms with E-state index in [1.165, 1.54) is 17.5 Å². The Kier molecular flexibility index (Phi) is 6.58. The number of pyridine rings is 1. The average molecular weight is 381 g/mol. The molecule has 0 amide bonds. The van der Waals surface area contributed by atoms with Gasteiger partial charge in [0.1, 0.15) is 6.61 Å². The monoisotopic (exact) mass is 380 g/mol. The van der Waals surface area contributed by atoms with E-state index < -0.39 is 0 Å². The number of fused-ring (bicyclic) bond motifs is 1. The lowest BCUT2D eigenvalue weighted by Crippen LogP contribution is -2.25. The highest BCUT2D eigenvalue weighted by Gasteiger charge is 2.21. The van der Waals surface area contributed by atoms with Crippen molar-refractivity contribution in [1.82, 2.24) is 20.4 Å². The Morgan fingerprint density at radius 3 is 3.12 bits per heavy atom. The van der Waals surface area contributed by atoms with E-state index in [1.807, 2.05) is 13.1 Å². The van der Waals surface area contributed by atoms with Gasteiger partial charge in [-0.3, -0.25) is 4.98 Å². The van der Waals surface area contributed by atoms with Crippen molar-refractivity contribution in [3.8, 4) is 11.4 Å². The zero-order valence-electron chi connectivity index (χ0n) is 15.0. The first kappa shape index (κ1) is 19.2. The molecule has 26 heavy (non-hydrogen) atoms. The van der Waals surface area contributed by atoms with Crippen molar-refractivity contribution in [2.24, 2.45) is 0 Å². The minimum Gasteiger partial charge on any atom is -0.376 e. The Morgan fingerprint density at radius 1 is 1.35 bits per heavy atom. The van der Waals surface area contributed by atoms with Gasteiger partial charge in [-0.25, -0.2) is 0 Å². The Hall–Kier alpha value is -1.54. The van der Waals surface area contributed by atoms with Gasteiger partial charge in [-0.05, 0) is 50.3 Å². The van der Waals surface area contributed by atoms with Gasteiger partial charge in [-0.15, -0.1) is 12.4 Å². The molecule has 4 heterocycles. The molecule has 0 aliphatic carbocycles. The molecule has 0 bridgehead atoms. The summed E-state index contributed by atoms with van der Waals surface area (Å²) in [6, 6.07) is 0. The molecular weight excluding hydrogens is 356 g/mol. The van der Waals surface area contributed by atoms with E-state index in [1.54, 1.807) is 0 Å². The fraction of sp³-hybridized carbons (Fsp3) is 0.611. The molecule has 0 spiro atoms.